The number of aliphatic hydroxyl groups excluding tert-OH is 1. The second kappa shape index (κ2) is 8.55. The van der Waals surface area contributed by atoms with E-state index in [0.717, 1.165) is 0 Å². The van der Waals surface area contributed by atoms with Gasteiger partial charge in [0.15, 0.2) is 12.4 Å². The number of carbonyl (C=O) groups excluding carboxylic acids is 1. The molecule has 0 saturated carbocycles. The van der Waals surface area contributed by atoms with Crippen molar-refractivity contribution in [3.63, 3.8) is 0 Å². The number of aliphatic hydroxyl groups is 1. The zero-order chi connectivity index (χ0) is 18.5. The molecular formula is C18H15ClN2O3S2. The van der Waals surface area contributed by atoms with Crippen LogP contribution in [0, 0.1) is 0 Å². The Balaban J connectivity index is 1.97. The summed E-state index contributed by atoms with van der Waals surface area (Å²) in [5.41, 5.74) is 0.670. The number of thiophene rings is 1. The number of aliphatic imine (C=N–C) groups is 1. The monoisotopic (exact) mass is 406 g/mol. The van der Waals surface area contributed by atoms with Gasteiger partial charge in [-0.05, 0) is 35.4 Å². The molecule has 26 heavy (non-hydrogen) atoms. The molecular weight excluding hydrogens is 392 g/mol. The van der Waals surface area contributed by atoms with Crippen LogP contribution in [0.3, 0.4) is 0 Å². The van der Waals surface area contributed by atoms with Crippen molar-refractivity contribution in [1.29, 1.82) is 0 Å². The van der Waals surface area contributed by atoms with Crippen molar-refractivity contribution in [1.82, 2.24) is 0 Å². The van der Waals surface area contributed by atoms with Crippen molar-refractivity contribution in [2.45, 2.75) is 19.2 Å². The van der Waals surface area contributed by atoms with Crippen LogP contribution >= 0.6 is 22.9 Å². The van der Waals surface area contributed by atoms with Crippen LogP contribution in [0.1, 0.15) is 27.0 Å². The van der Waals surface area contributed by atoms with Crippen LogP contribution in [0.15, 0.2) is 64.5 Å². The van der Waals surface area contributed by atoms with Crippen molar-refractivity contribution < 1.29 is 18.9 Å². The first-order chi connectivity index (χ1) is 12.6. The number of rotatable bonds is 7. The number of carbonyl (C=O) groups is 1. The maximum atomic E-state index is 13.1. The molecule has 1 atom stereocenters. The van der Waals surface area contributed by atoms with E-state index in [1.165, 1.54) is 11.3 Å². The first-order valence-corrected chi connectivity index (χ1v) is 9.32. The topological polar surface area (TPSA) is 66.7 Å². The molecule has 5 nitrogen and oxygen atoms in total. The average Bonchev–Trinajstić information content (AvgIpc) is 3.32. The third-order valence-corrected chi connectivity index (χ3v) is 5.23. The number of halogens is 1. The fraction of sp³-hybridized carbons (Fsp3) is 0.167. The Hall–Kier alpha value is -2.06. The molecule has 0 radical (unpaired) electrons. The normalized spacial score (nSPS) is 12.9. The highest BCUT2D eigenvalue weighted by Crippen LogP contribution is 2.24. The van der Waals surface area contributed by atoms with Gasteiger partial charge in [0.2, 0.25) is 11.8 Å². The van der Waals surface area contributed by atoms with Crippen molar-refractivity contribution >= 4 is 46.4 Å². The quantitative estimate of drug-likeness (QED) is 0.215. The summed E-state index contributed by atoms with van der Waals surface area (Å²) in [5.74, 6) is 0.460. The highest BCUT2D eigenvalue weighted by Gasteiger charge is 2.29. The zero-order valence-corrected chi connectivity index (χ0v) is 15.9. The van der Waals surface area contributed by atoms with Gasteiger partial charge in [-0.25, -0.2) is 0 Å². The smallest absolute Gasteiger partial charge is 0.244 e. The predicted octanol–water partition coefficient (Wildman–Crippen LogP) is 3.34. The molecule has 3 heterocycles. The van der Waals surface area contributed by atoms with Crippen LogP contribution in [0.25, 0.3) is 0 Å². The summed E-state index contributed by atoms with van der Waals surface area (Å²) in [4.78, 5) is 17.9. The van der Waals surface area contributed by atoms with Gasteiger partial charge >= 0.3 is 0 Å². The van der Waals surface area contributed by atoms with E-state index in [9.17, 15) is 9.90 Å². The van der Waals surface area contributed by atoms with E-state index in [0.29, 0.717) is 20.5 Å². The van der Waals surface area contributed by atoms with Crippen LogP contribution in [-0.4, -0.2) is 15.9 Å². The molecule has 0 unspecified atom stereocenters. The lowest BCUT2D eigenvalue weighted by molar-refractivity contribution is -0.692. The largest absolute Gasteiger partial charge is 0.758 e. The third kappa shape index (κ3) is 4.37. The Bertz CT molecular complexity index is 922. The molecule has 3 aromatic rings. The molecule has 134 valence electrons. The van der Waals surface area contributed by atoms with Gasteiger partial charge in [-0.15, -0.1) is 11.3 Å². The summed E-state index contributed by atoms with van der Waals surface area (Å²) in [6.45, 7) is 0.115. The summed E-state index contributed by atoms with van der Waals surface area (Å²) < 4.78 is 7.45. The summed E-state index contributed by atoms with van der Waals surface area (Å²) in [5, 5.41) is 9.62. The fourth-order valence-electron chi connectivity index (χ4n) is 2.40. The van der Waals surface area contributed by atoms with E-state index in [2.05, 4.69) is 4.99 Å². The molecule has 0 aromatic carbocycles. The minimum Gasteiger partial charge on any atom is -0.758 e. The van der Waals surface area contributed by atoms with Gasteiger partial charge in [-0.2, -0.15) is 4.57 Å². The second-order valence-corrected chi connectivity index (χ2v) is 7.56. The molecule has 0 saturated heterocycles. The van der Waals surface area contributed by atoms with E-state index >= 15 is 0 Å². The SMILES string of the molecule is O=C(c1ccc(Cl)s1)[C@H](C([S-])=NCc1ccco1)[n+]1cccc(CO)c1. The minimum absolute atomic E-state index is 0.136. The fourth-order valence-corrected chi connectivity index (χ4v) is 3.70. The molecule has 8 heteroatoms. The lowest BCUT2D eigenvalue weighted by Gasteiger charge is -2.18. The number of Topliss-reactive ketones (excluding diaryl/α,β-unsaturated/α-hetero) is 1. The lowest BCUT2D eigenvalue weighted by Crippen LogP contribution is -2.47. The minimum atomic E-state index is -0.804. The van der Waals surface area contributed by atoms with Crippen molar-refractivity contribution in [2.75, 3.05) is 0 Å². The van der Waals surface area contributed by atoms with Crippen LogP contribution in [-0.2, 0) is 25.8 Å². The summed E-state index contributed by atoms with van der Waals surface area (Å²) in [6.07, 6.45) is 4.97. The van der Waals surface area contributed by atoms with Gasteiger partial charge in [-0.3, -0.25) is 4.79 Å². The standard InChI is InChI=1S/C18H15ClN2O3S2/c19-15-6-5-14(26-15)17(23)16(21-7-1-3-12(10-21)11-22)18(25)20-9-13-4-2-8-24-13/h1-8,10,16,22H,9,11H2/t16-/m1/s1. The molecule has 0 fully saturated rings. The second-order valence-electron chi connectivity index (χ2n) is 5.42. The van der Waals surface area contributed by atoms with E-state index in [-0.39, 0.29) is 24.0 Å². The van der Waals surface area contributed by atoms with Crippen molar-refractivity contribution in [2.24, 2.45) is 4.99 Å². The van der Waals surface area contributed by atoms with Gasteiger partial charge in [0.1, 0.15) is 5.76 Å². The Morgan fingerprint density at radius 1 is 1.35 bits per heavy atom. The van der Waals surface area contributed by atoms with Gasteiger partial charge in [0.25, 0.3) is 0 Å². The highest BCUT2D eigenvalue weighted by molar-refractivity contribution is 7.77. The Morgan fingerprint density at radius 2 is 2.19 bits per heavy atom. The van der Waals surface area contributed by atoms with Gasteiger partial charge in [-0.1, -0.05) is 11.6 Å². The van der Waals surface area contributed by atoms with E-state index in [1.54, 1.807) is 59.6 Å². The molecule has 0 spiro atoms. The van der Waals surface area contributed by atoms with Gasteiger partial charge in [0.05, 0.1) is 28.6 Å². The van der Waals surface area contributed by atoms with Crippen LogP contribution in [0.2, 0.25) is 4.34 Å². The average molecular weight is 407 g/mol. The third-order valence-electron chi connectivity index (χ3n) is 3.63. The number of aromatic nitrogens is 1. The predicted molar refractivity (Wildman–Crippen MR) is 102 cm³/mol. The molecule has 3 rings (SSSR count). The number of hydrogen-bond acceptors (Lipinski definition) is 6. The summed E-state index contributed by atoms with van der Waals surface area (Å²) in [6, 6.07) is 9.63. The molecule has 0 aliphatic carbocycles. The first-order valence-electron chi connectivity index (χ1n) is 7.72. The maximum Gasteiger partial charge on any atom is 0.244 e. The lowest BCUT2D eigenvalue weighted by atomic mass is 10.1. The number of ketones is 1. The Morgan fingerprint density at radius 3 is 2.85 bits per heavy atom. The summed E-state index contributed by atoms with van der Waals surface area (Å²) >= 11 is 12.6. The Kier molecular flexibility index (Phi) is 6.16. The van der Waals surface area contributed by atoms with Crippen LogP contribution in [0.4, 0.5) is 0 Å². The van der Waals surface area contributed by atoms with Crippen LogP contribution < -0.4 is 4.57 Å². The summed E-state index contributed by atoms with van der Waals surface area (Å²) in [7, 11) is 0. The van der Waals surface area contributed by atoms with Gasteiger partial charge in [0, 0.05) is 11.6 Å². The Labute approximate surface area is 165 Å². The molecule has 1 N–H and O–H groups in total. The van der Waals surface area contributed by atoms with E-state index in [1.807, 2.05) is 0 Å². The molecule has 0 aliphatic heterocycles. The number of pyridine rings is 1. The highest BCUT2D eigenvalue weighted by atomic mass is 35.5. The number of nitrogens with zero attached hydrogens (tertiary/aromatic N) is 2. The van der Waals surface area contributed by atoms with Crippen molar-refractivity contribution in [3.8, 4) is 0 Å². The van der Waals surface area contributed by atoms with E-state index in [4.69, 9.17) is 28.6 Å². The van der Waals surface area contributed by atoms with Gasteiger partial charge < -0.3 is 27.1 Å². The molecule has 0 aliphatic rings. The number of furan rings is 1. The maximum absolute atomic E-state index is 13.1. The van der Waals surface area contributed by atoms with E-state index < -0.39 is 6.04 Å². The van der Waals surface area contributed by atoms with Crippen molar-refractivity contribution in [3.05, 3.63) is 75.6 Å². The first kappa shape index (κ1) is 18.7. The molecule has 0 bridgehead atoms. The number of hydrogen-bond donors (Lipinski definition) is 1. The molecule has 0 amide bonds. The molecule has 3 aromatic heterocycles. The van der Waals surface area contributed by atoms with Crippen LogP contribution in [0.5, 0.6) is 0 Å². The zero-order valence-electron chi connectivity index (χ0n) is 13.5.